The Balaban J connectivity index is 1.66. The molecule has 0 bridgehead atoms. The predicted octanol–water partition coefficient (Wildman–Crippen LogP) is 6.95. The highest BCUT2D eigenvalue weighted by atomic mass is 19.4. The van der Waals surface area contributed by atoms with Gasteiger partial charge in [-0.1, -0.05) is 55.2 Å². The number of carboxylic acid groups (broad SMARTS) is 1. The average molecular weight is 538 g/mol. The van der Waals surface area contributed by atoms with E-state index >= 15 is 0 Å². The number of rotatable bonds is 7. The third-order valence-electron chi connectivity index (χ3n) is 7.41. The summed E-state index contributed by atoms with van der Waals surface area (Å²) >= 11 is 0. The van der Waals surface area contributed by atoms with Crippen LogP contribution >= 0.6 is 0 Å². The summed E-state index contributed by atoms with van der Waals surface area (Å²) in [5.41, 5.74) is 2.41. The molecule has 204 valence electrons. The normalized spacial score (nSPS) is 15.4. The molecule has 1 unspecified atom stereocenters. The Bertz CT molecular complexity index is 1490. The lowest BCUT2D eigenvalue weighted by Gasteiger charge is -2.29. The fourth-order valence-electron chi connectivity index (χ4n) is 5.34. The second kappa shape index (κ2) is 10.7. The van der Waals surface area contributed by atoms with Gasteiger partial charge in [0.25, 0.3) is 0 Å². The summed E-state index contributed by atoms with van der Waals surface area (Å²) in [7, 11) is 0. The van der Waals surface area contributed by atoms with Crippen molar-refractivity contribution in [1.29, 1.82) is 0 Å². The van der Waals surface area contributed by atoms with Crippen LogP contribution in [0.4, 0.5) is 19.0 Å². The van der Waals surface area contributed by atoms with Crippen molar-refractivity contribution < 1.29 is 23.1 Å². The van der Waals surface area contributed by atoms with Crippen molar-refractivity contribution in [3.63, 3.8) is 0 Å². The topological polar surface area (TPSA) is 92.9 Å². The van der Waals surface area contributed by atoms with E-state index in [9.17, 15) is 23.1 Å². The molecule has 2 aromatic carbocycles. The number of nitrogens with zero attached hydrogens (tertiary/aromatic N) is 4. The molecule has 1 aliphatic carbocycles. The van der Waals surface area contributed by atoms with Crippen molar-refractivity contribution in [3.05, 3.63) is 71.0 Å². The fourth-order valence-corrected chi connectivity index (χ4v) is 5.34. The largest absolute Gasteiger partial charge is 0.475 e. The van der Waals surface area contributed by atoms with E-state index in [1.54, 1.807) is 0 Å². The number of nitrogens with one attached hydrogen (secondary N) is 1. The Hall–Kier alpha value is -3.95. The van der Waals surface area contributed by atoms with Crippen LogP contribution in [0.2, 0.25) is 0 Å². The van der Waals surface area contributed by atoms with Crippen LogP contribution in [0.3, 0.4) is 0 Å². The number of halogens is 3. The zero-order valence-corrected chi connectivity index (χ0v) is 21.8. The number of carboxylic acids is 1. The van der Waals surface area contributed by atoms with Gasteiger partial charge in [-0.05, 0) is 56.4 Å². The van der Waals surface area contributed by atoms with Gasteiger partial charge in [0.2, 0.25) is 5.82 Å². The zero-order chi connectivity index (χ0) is 27.7. The number of aryl methyl sites for hydroxylation is 1. The molecule has 5 rings (SSSR count). The number of anilines is 1. The minimum Gasteiger partial charge on any atom is -0.475 e. The highest BCUT2D eigenvalue weighted by Gasteiger charge is 2.30. The number of benzene rings is 2. The van der Waals surface area contributed by atoms with E-state index in [0.717, 1.165) is 48.9 Å². The van der Waals surface area contributed by atoms with Gasteiger partial charge in [-0.15, -0.1) is 0 Å². The summed E-state index contributed by atoms with van der Waals surface area (Å²) in [6.45, 7) is 4.22. The van der Waals surface area contributed by atoms with Crippen LogP contribution < -0.4 is 5.32 Å². The van der Waals surface area contributed by atoms with Crippen LogP contribution in [0.5, 0.6) is 0 Å². The van der Waals surface area contributed by atoms with Crippen molar-refractivity contribution >= 4 is 23.0 Å². The van der Waals surface area contributed by atoms with E-state index in [0.29, 0.717) is 28.6 Å². The monoisotopic (exact) mass is 537 g/mol. The smallest absolute Gasteiger partial charge is 0.416 e. The van der Waals surface area contributed by atoms with Gasteiger partial charge < -0.3 is 15.0 Å². The molecule has 0 aliphatic heterocycles. The van der Waals surface area contributed by atoms with Crippen molar-refractivity contribution in [1.82, 2.24) is 19.5 Å². The first-order valence-corrected chi connectivity index (χ1v) is 13.1. The maximum absolute atomic E-state index is 13.2. The predicted molar refractivity (Wildman–Crippen MR) is 143 cm³/mol. The zero-order valence-electron chi connectivity index (χ0n) is 21.8. The molecule has 39 heavy (non-hydrogen) atoms. The number of hydrogen-bond acceptors (Lipinski definition) is 5. The standard InChI is InChI=1S/C29H30F3N5O2/c1-17-7-6-10-21(15-17)27-36-25-23(37(27)16-19-11-13-22(14-12-19)29(30,31)32)24(34-26(35-25)28(38)39)33-18(2)20-8-4-3-5-9-20/h6-7,10-15,18,20H,3-5,8-9,16H2,1-2H3,(H,38,39)(H,33,34,35). The molecule has 0 spiro atoms. The van der Waals surface area contributed by atoms with Gasteiger partial charge in [0.1, 0.15) is 11.3 Å². The highest BCUT2D eigenvalue weighted by molar-refractivity contribution is 5.92. The second-order valence-electron chi connectivity index (χ2n) is 10.3. The van der Waals surface area contributed by atoms with E-state index in [2.05, 4.69) is 22.2 Å². The third kappa shape index (κ3) is 5.74. The molecule has 10 heteroatoms. The Morgan fingerprint density at radius 3 is 2.44 bits per heavy atom. The Morgan fingerprint density at radius 2 is 1.79 bits per heavy atom. The molecule has 1 aliphatic rings. The highest BCUT2D eigenvalue weighted by Crippen LogP contribution is 2.34. The molecule has 2 aromatic heterocycles. The van der Waals surface area contributed by atoms with Crippen LogP contribution in [0.25, 0.3) is 22.6 Å². The third-order valence-corrected chi connectivity index (χ3v) is 7.41. The first kappa shape index (κ1) is 26.6. The number of alkyl halides is 3. The van der Waals surface area contributed by atoms with Gasteiger partial charge in [-0.25, -0.2) is 19.7 Å². The first-order valence-electron chi connectivity index (χ1n) is 13.1. The minimum atomic E-state index is -4.43. The summed E-state index contributed by atoms with van der Waals surface area (Å²) in [5, 5.41) is 13.2. The Labute approximate surface area is 224 Å². The second-order valence-corrected chi connectivity index (χ2v) is 10.3. The lowest BCUT2D eigenvalue weighted by molar-refractivity contribution is -0.137. The van der Waals surface area contributed by atoms with Gasteiger partial charge in [-0.3, -0.25) is 0 Å². The summed E-state index contributed by atoms with van der Waals surface area (Å²) in [4.78, 5) is 25.3. The van der Waals surface area contributed by atoms with Crippen LogP contribution in [0, 0.1) is 12.8 Å². The van der Waals surface area contributed by atoms with Crippen molar-refractivity contribution in [2.45, 2.75) is 64.7 Å². The number of fused-ring (bicyclic) bond motifs is 1. The lowest BCUT2D eigenvalue weighted by atomic mass is 9.84. The molecule has 0 amide bonds. The fraction of sp³-hybridized carbons (Fsp3) is 0.379. The maximum Gasteiger partial charge on any atom is 0.416 e. The van der Waals surface area contributed by atoms with Crippen molar-refractivity contribution in [2.75, 3.05) is 5.32 Å². The van der Waals surface area contributed by atoms with Gasteiger partial charge in [0.15, 0.2) is 11.5 Å². The van der Waals surface area contributed by atoms with Crippen LogP contribution in [-0.4, -0.2) is 36.6 Å². The molecule has 7 nitrogen and oxygen atoms in total. The molecule has 1 saturated carbocycles. The van der Waals surface area contributed by atoms with Gasteiger partial charge >= 0.3 is 12.1 Å². The molecule has 0 radical (unpaired) electrons. The number of aromatic nitrogens is 4. The lowest BCUT2D eigenvalue weighted by Crippen LogP contribution is -2.28. The van der Waals surface area contributed by atoms with E-state index in [-0.39, 0.29) is 24.1 Å². The summed E-state index contributed by atoms with van der Waals surface area (Å²) < 4.78 is 41.4. The minimum absolute atomic E-state index is 0.0295. The molecule has 2 N–H and O–H groups in total. The molecule has 0 saturated heterocycles. The molecule has 1 fully saturated rings. The van der Waals surface area contributed by atoms with Gasteiger partial charge in [-0.2, -0.15) is 13.2 Å². The Morgan fingerprint density at radius 1 is 1.08 bits per heavy atom. The SMILES string of the molecule is Cc1cccc(-c2nc3nc(C(=O)O)nc(NC(C)C4CCCCC4)c3n2Cc2ccc(C(F)(F)F)cc2)c1. The maximum atomic E-state index is 13.2. The van der Waals surface area contributed by atoms with E-state index in [1.807, 2.05) is 35.8 Å². The molecule has 4 aromatic rings. The molecular weight excluding hydrogens is 507 g/mol. The quantitative estimate of drug-likeness (QED) is 0.265. The number of hydrogen-bond donors (Lipinski definition) is 2. The Kier molecular flexibility index (Phi) is 7.29. The molecular formula is C29H30F3N5O2. The van der Waals surface area contributed by atoms with Gasteiger partial charge in [0, 0.05) is 18.2 Å². The molecule has 1 atom stereocenters. The first-order chi connectivity index (χ1) is 18.6. The van der Waals surface area contributed by atoms with Crippen LogP contribution in [0.15, 0.2) is 48.5 Å². The van der Waals surface area contributed by atoms with Crippen LogP contribution in [-0.2, 0) is 12.7 Å². The van der Waals surface area contributed by atoms with E-state index < -0.39 is 17.7 Å². The van der Waals surface area contributed by atoms with E-state index in [1.165, 1.54) is 18.6 Å². The number of imidazole rings is 1. The number of carbonyl (C=O) groups is 1. The van der Waals surface area contributed by atoms with Crippen molar-refractivity contribution in [3.8, 4) is 11.4 Å². The summed E-state index contributed by atoms with van der Waals surface area (Å²) in [6.07, 6.45) is 1.24. The average Bonchev–Trinajstić information content (AvgIpc) is 3.27. The number of aromatic carboxylic acids is 1. The van der Waals surface area contributed by atoms with Gasteiger partial charge in [0.05, 0.1) is 5.56 Å². The van der Waals surface area contributed by atoms with Crippen LogP contribution in [0.1, 0.15) is 66.3 Å². The summed E-state index contributed by atoms with van der Waals surface area (Å²) in [6, 6.07) is 12.7. The van der Waals surface area contributed by atoms with E-state index in [4.69, 9.17) is 4.98 Å². The molecule has 2 heterocycles. The van der Waals surface area contributed by atoms with Crippen molar-refractivity contribution in [2.24, 2.45) is 5.92 Å². The summed E-state index contributed by atoms with van der Waals surface area (Å²) in [5.74, 6) is -0.331.